The molecule has 1 N–H and O–H groups in total. The molecule has 1 rings (SSSR count). The van der Waals surface area contributed by atoms with Crippen LogP contribution < -0.4 is 5.32 Å². The first-order valence-electron chi connectivity index (χ1n) is 5.81. The fourth-order valence-electron chi connectivity index (χ4n) is 1.92. The van der Waals surface area contributed by atoms with E-state index in [0.717, 1.165) is 25.7 Å². The summed E-state index contributed by atoms with van der Waals surface area (Å²) in [6.07, 6.45) is 3.47. The van der Waals surface area contributed by atoms with E-state index >= 15 is 0 Å². The maximum atomic E-state index is 11.5. The largest absolute Gasteiger partial charge is 0.444 e. The van der Waals surface area contributed by atoms with Gasteiger partial charge < -0.3 is 10.1 Å². The van der Waals surface area contributed by atoms with Gasteiger partial charge in [0.25, 0.3) is 0 Å². The summed E-state index contributed by atoms with van der Waals surface area (Å²) in [6, 6.07) is 2.20. The highest BCUT2D eigenvalue weighted by molar-refractivity contribution is 5.68. The molecule has 16 heavy (non-hydrogen) atoms. The molecule has 4 nitrogen and oxygen atoms in total. The van der Waals surface area contributed by atoms with Crippen LogP contribution in [0.3, 0.4) is 0 Å². The van der Waals surface area contributed by atoms with Crippen molar-refractivity contribution in [3.63, 3.8) is 0 Å². The number of nitriles is 1. The average molecular weight is 224 g/mol. The third-order valence-corrected chi connectivity index (χ3v) is 2.63. The Morgan fingerprint density at radius 1 is 1.38 bits per heavy atom. The molecule has 0 aromatic heterocycles. The van der Waals surface area contributed by atoms with Crippen LogP contribution in [-0.4, -0.2) is 17.7 Å². The molecule has 1 fully saturated rings. The van der Waals surface area contributed by atoms with Gasteiger partial charge in [-0.05, 0) is 33.6 Å². The van der Waals surface area contributed by atoms with Gasteiger partial charge in [0, 0.05) is 6.04 Å². The molecule has 0 aromatic rings. The van der Waals surface area contributed by atoms with Crippen molar-refractivity contribution in [2.75, 3.05) is 0 Å². The number of hydrogen-bond acceptors (Lipinski definition) is 3. The molecule has 1 saturated carbocycles. The van der Waals surface area contributed by atoms with E-state index in [1.54, 1.807) is 0 Å². The van der Waals surface area contributed by atoms with Gasteiger partial charge in [-0.25, -0.2) is 4.79 Å². The van der Waals surface area contributed by atoms with Crippen LogP contribution in [0, 0.1) is 17.2 Å². The molecular formula is C12H20N2O2. The lowest BCUT2D eigenvalue weighted by atomic mass is 9.86. The lowest BCUT2D eigenvalue weighted by molar-refractivity contribution is 0.0481. The summed E-state index contributed by atoms with van der Waals surface area (Å²) in [6.45, 7) is 5.49. The van der Waals surface area contributed by atoms with Gasteiger partial charge in [-0.15, -0.1) is 0 Å². The van der Waals surface area contributed by atoms with E-state index in [9.17, 15) is 4.79 Å². The fraction of sp³-hybridized carbons (Fsp3) is 0.833. The molecular weight excluding hydrogens is 204 g/mol. The molecule has 0 radical (unpaired) electrons. The van der Waals surface area contributed by atoms with Gasteiger partial charge in [0.1, 0.15) is 5.60 Å². The number of hydrogen-bond donors (Lipinski definition) is 1. The molecule has 0 heterocycles. The first kappa shape index (κ1) is 12.8. The highest BCUT2D eigenvalue weighted by Crippen LogP contribution is 2.24. The zero-order chi connectivity index (χ0) is 12.2. The SMILES string of the molecule is CC(C)(C)OC(=O)NC1CCCCC1C#N. The Labute approximate surface area is 97.0 Å². The number of nitrogens with one attached hydrogen (secondary N) is 1. The van der Waals surface area contributed by atoms with E-state index in [1.165, 1.54) is 0 Å². The monoisotopic (exact) mass is 224 g/mol. The van der Waals surface area contributed by atoms with E-state index in [1.807, 2.05) is 20.8 Å². The van der Waals surface area contributed by atoms with Crippen LogP contribution in [0.15, 0.2) is 0 Å². The second-order valence-electron chi connectivity index (χ2n) is 5.27. The predicted molar refractivity (Wildman–Crippen MR) is 60.7 cm³/mol. The van der Waals surface area contributed by atoms with Crippen LogP contribution >= 0.6 is 0 Å². The van der Waals surface area contributed by atoms with E-state index in [0.29, 0.717) is 0 Å². The van der Waals surface area contributed by atoms with E-state index in [4.69, 9.17) is 10.00 Å². The molecule has 1 aliphatic carbocycles. The molecule has 0 bridgehead atoms. The Bertz CT molecular complexity index is 288. The first-order chi connectivity index (χ1) is 7.42. The Balaban J connectivity index is 2.46. The Morgan fingerprint density at radius 2 is 2.00 bits per heavy atom. The van der Waals surface area contributed by atoms with Gasteiger partial charge in [-0.3, -0.25) is 0 Å². The Kier molecular flexibility index (Phi) is 4.17. The number of alkyl carbamates (subject to hydrolysis) is 1. The second kappa shape index (κ2) is 5.20. The zero-order valence-corrected chi connectivity index (χ0v) is 10.2. The van der Waals surface area contributed by atoms with Crippen molar-refractivity contribution in [2.45, 2.75) is 58.1 Å². The van der Waals surface area contributed by atoms with Crippen molar-refractivity contribution in [2.24, 2.45) is 5.92 Å². The molecule has 0 aliphatic heterocycles. The molecule has 2 unspecified atom stereocenters. The average Bonchev–Trinajstić information content (AvgIpc) is 2.15. The van der Waals surface area contributed by atoms with Crippen LogP contribution in [0.25, 0.3) is 0 Å². The van der Waals surface area contributed by atoms with Crippen molar-refractivity contribution < 1.29 is 9.53 Å². The summed E-state index contributed by atoms with van der Waals surface area (Å²) in [5, 5.41) is 11.8. The molecule has 1 amide bonds. The molecule has 1 aliphatic rings. The smallest absolute Gasteiger partial charge is 0.407 e. The minimum atomic E-state index is -0.485. The number of amides is 1. The van der Waals surface area contributed by atoms with Crippen LogP contribution in [0.1, 0.15) is 46.5 Å². The maximum absolute atomic E-state index is 11.5. The maximum Gasteiger partial charge on any atom is 0.407 e. The zero-order valence-electron chi connectivity index (χ0n) is 10.2. The summed E-state index contributed by atoms with van der Waals surface area (Å²) in [5.74, 6) is -0.0683. The summed E-state index contributed by atoms with van der Waals surface area (Å²) < 4.78 is 5.17. The molecule has 0 aromatic carbocycles. The van der Waals surface area contributed by atoms with Crippen molar-refractivity contribution in [3.05, 3.63) is 0 Å². The van der Waals surface area contributed by atoms with Crippen LogP contribution in [0.5, 0.6) is 0 Å². The standard InChI is InChI=1S/C12H20N2O2/c1-12(2,3)16-11(15)14-10-7-5-4-6-9(10)8-13/h9-10H,4-7H2,1-3H3,(H,14,15). The molecule has 90 valence electrons. The van der Waals surface area contributed by atoms with Gasteiger partial charge >= 0.3 is 6.09 Å². The first-order valence-corrected chi connectivity index (χ1v) is 5.81. The van der Waals surface area contributed by atoms with Crippen LogP contribution in [-0.2, 0) is 4.74 Å². The highest BCUT2D eigenvalue weighted by Gasteiger charge is 2.28. The normalized spacial score (nSPS) is 25.6. The lowest BCUT2D eigenvalue weighted by Crippen LogP contribution is -2.44. The quantitative estimate of drug-likeness (QED) is 0.744. The third kappa shape index (κ3) is 4.09. The molecule has 4 heteroatoms. The summed E-state index contributed by atoms with van der Waals surface area (Å²) in [7, 11) is 0. The van der Waals surface area contributed by atoms with E-state index < -0.39 is 11.7 Å². The number of nitrogens with zero attached hydrogens (tertiary/aromatic N) is 1. The van der Waals surface area contributed by atoms with Crippen molar-refractivity contribution in [3.8, 4) is 6.07 Å². The Hall–Kier alpha value is -1.24. The van der Waals surface area contributed by atoms with Gasteiger partial charge in [-0.1, -0.05) is 12.8 Å². The van der Waals surface area contributed by atoms with Gasteiger partial charge in [0.2, 0.25) is 0 Å². The summed E-state index contributed by atoms with van der Waals surface area (Å²) in [4.78, 5) is 11.5. The lowest BCUT2D eigenvalue weighted by Gasteiger charge is -2.29. The van der Waals surface area contributed by atoms with Crippen LogP contribution in [0.4, 0.5) is 4.79 Å². The molecule has 2 atom stereocenters. The fourth-order valence-corrected chi connectivity index (χ4v) is 1.92. The van der Waals surface area contributed by atoms with Crippen LogP contribution in [0.2, 0.25) is 0 Å². The topological polar surface area (TPSA) is 62.1 Å². The van der Waals surface area contributed by atoms with Gasteiger partial charge in [0.05, 0.1) is 12.0 Å². The number of rotatable bonds is 1. The van der Waals surface area contributed by atoms with E-state index in [2.05, 4.69) is 11.4 Å². The minimum absolute atomic E-state index is 0.0476. The van der Waals surface area contributed by atoms with Crippen molar-refractivity contribution in [1.29, 1.82) is 5.26 Å². The number of carbonyl (C=O) groups is 1. The highest BCUT2D eigenvalue weighted by atomic mass is 16.6. The minimum Gasteiger partial charge on any atom is -0.444 e. The molecule has 0 saturated heterocycles. The van der Waals surface area contributed by atoms with Crippen molar-refractivity contribution >= 4 is 6.09 Å². The van der Waals surface area contributed by atoms with Crippen molar-refractivity contribution in [1.82, 2.24) is 5.32 Å². The van der Waals surface area contributed by atoms with E-state index in [-0.39, 0.29) is 12.0 Å². The second-order valence-corrected chi connectivity index (χ2v) is 5.27. The Morgan fingerprint density at radius 3 is 2.56 bits per heavy atom. The van der Waals surface area contributed by atoms with Gasteiger partial charge in [-0.2, -0.15) is 5.26 Å². The van der Waals surface area contributed by atoms with Gasteiger partial charge in [0.15, 0.2) is 0 Å². The third-order valence-electron chi connectivity index (χ3n) is 2.63. The number of ether oxygens (including phenoxy) is 1. The summed E-state index contributed by atoms with van der Waals surface area (Å²) >= 11 is 0. The number of carbonyl (C=O) groups excluding carboxylic acids is 1. The predicted octanol–water partition coefficient (Wildman–Crippen LogP) is 2.59. The summed E-state index contributed by atoms with van der Waals surface area (Å²) in [5.41, 5.74) is -0.485. The molecule has 0 spiro atoms.